The Hall–Kier alpha value is -0.630. The van der Waals surface area contributed by atoms with Crippen molar-refractivity contribution < 1.29 is 13.6 Å². The number of rotatable bonds is 4. The van der Waals surface area contributed by atoms with Crippen LogP contribution in [0.5, 0.6) is 5.75 Å². The van der Waals surface area contributed by atoms with Gasteiger partial charge in [-0.05, 0) is 74.4 Å². The normalized spacial score (nSPS) is 14.0. The molecule has 0 heterocycles. The van der Waals surface area contributed by atoms with E-state index in [1.54, 1.807) is 0 Å². The Bertz CT molecular complexity index is 448. The minimum absolute atomic E-state index is 0.274. The van der Waals surface area contributed by atoms with Crippen molar-refractivity contribution in [2.75, 3.05) is 0 Å². The van der Waals surface area contributed by atoms with Crippen LogP contribution in [0.15, 0.2) is 30.3 Å². The highest BCUT2D eigenvalue weighted by molar-refractivity contribution is 7.63. The lowest BCUT2D eigenvalue weighted by molar-refractivity contribution is 0.0254. The molecule has 0 bridgehead atoms. The van der Waals surface area contributed by atoms with Crippen LogP contribution in [0.4, 0.5) is 0 Å². The van der Waals surface area contributed by atoms with Crippen LogP contribution in [-0.2, 0) is 9.05 Å². The third kappa shape index (κ3) is 5.87. The maximum atomic E-state index is 6.44. The lowest BCUT2D eigenvalue weighted by Gasteiger charge is -2.38. The number of hydrogen-bond donors (Lipinski definition) is 0. The standard InChI is InChI=1S/C18H32O3P/c1-16(2,3)20-22(18(7,8)9,21-17(4,5)6)19-15-13-11-10-12-14-15/h10-14H,1-9H3/q+1. The third-order valence-electron chi connectivity index (χ3n) is 2.58. The molecule has 0 N–H and O–H groups in total. The van der Waals surface area contributed by atoms with Crippen LogP contribution in [0.3, 0.4) is 0 Å². The first kappa shape index (κ1) is 19.4. The minimum atomic E-state index is -2.64. The first-order valence-electron chi connectivity index (χ1n) is 7.79. The molecule has 0 fully saturated rings. The topological polar surface area (TPSA) is 27.7 Å². The van der Waals surface area contributed by atoms with E-state index in [2.05, 4.69) is 20.8 Å². The average Bonchev–Trinajstić information content (AvgIpc) is 2.23. The Balaban J connectivity index is 3.31. The Morgan fingerprint density at radius 1 is 0.682 bits per heavy atom. The summed E-state index contributed by atoms with van der Waals surface area (Å²) in [4.78, 5) is 0. The van der Waals surface area contributed by atoms with Crippen molar-refractivity contribution in [1.29, 1.82) is 0 Å². The van der Waals surface area contributed by atoms with E-state index in [4.69, 9.17) is 13.6 Å². The van der Waals surface area contributed by atoms with Gasteiger partial charge < -0.3 is 0 Å². The van der Waals surface area contributed by atoms with Crippen molar-refractivity contribution in [2.24, 2.45) is 0 Å². The highest BCUT2D eigenvalue weighted by Gasteiger charge is 2.63. The van der Waals surface area contributed by atoms with E-state index in [1.807, 2.05) is 71.9 Å². The molecule has 0 aliphatic carbocycles. The van der Waals surface area contributed by atoms with Gasteiger partial charge in [-0.1, -0.05) is 18.2 Å². The SMILES string of the molecule is CC(C)(C)O[P+](Oc1ccccc1)(OC(C)(C)C)C(C)(C)C. The van der Waals surface area contributed by atoms with E-state index in [0.717, 1.165) is 5.75 Å². The molecule has 0 amide bonds. The van der Waals surface area contributed by atoms with Crippen molar-refractivity contribution in [3.8, 4) is 5.75 Å². The number of benzene rings is 1. The molecule has 0 saturated carbocycles. The Morgan fingerprint density at radius 2 is 1.09 bits per heavy atom. The maximum absolute atomic E-state index is 6.44. The predicted molar refractivity (Wildman–Crippen MR) is 95.4 cm³/mol. The fraction of sp³-hybridized carbons (Fsp3) is 0.667. The fourth-order valence-corrected chi connectivity index (χ4v) is 4.58. The van der Waals surface area contributed by atoms with Gasteiger partial charge in [0.25, 0.3) is 0 Å². The third-order valence-corrected chi connectivity index (χ3v) is 6.25. The number of para-hydroxylation sites is 1. The highest BCUT2D eigenvalue weighted by atomic mass is 31.2. The Labute approximate surface area is 136 Å². The lowest BCUT2D eigenvalue weighted by Crippen LogP contribution is -2.37. The maximum Gasteiger partial charge on any atom is 0.463 e. The molecule has 22 heavy (non-hydrogen) atoms. The van der Waals surface area contributed by atoms with E-state index in [0.29, 0.717) is 0 Å². The van der Waals surface area contributed by atoms with Crippen molar-refractivity contribution in [1.82, 2.24) is 0 Å². The smallest absolute Gasteiger partial charge is 0.286 e. The molecule has 126 valence electrons. The Kier molecular flexibility index (Phi) is 5.71. The van der Waals surface area contributed by atoms with Crippen LogP contribution in [0, 0.1) is 0 Å². The molecular formula is C18H32O3P+. The van der Waals surface area contributed by atoms with E-state index in [1.165, 1.54) is 0 Å². The summed E-state index contributed by atoms with van der Waals surface area (Å²) < 4.78 is 19.3. The second kappa shape index (κ2) is 6.47. The van der Waals surface area contributed by atoms with Gasteiger partial charge in [-0.3, -0.25) is 4.52 Å². The molecule has 0 unspecified atom stereocenters. The van der Waals surface area contributed by atoms with Crippen molar-refractivity contribution in [2.45, 2.75) is 78.7 Å². The highest BCUT2D eigenvalue weighted by Crippen LogP contribution is 2.73. The molecule has 0 radical (unpaired) electrons. The van der Waals surface area contributed by atoms with E-state index in [9.17, 15) is 0 Å². The van der Waals surface area contributed by atoms with E-state index in [-0.39, 0.29) is 16.4 Å². The van der Waals surface area contributed by atoms with Crippen LogP contribution in [0.2, 0.25) is 0 Å². The molecule has 0 aliphatic rings. The summed E-state index contributed by atoms with van der Waals surface area (Å²) in [6, 6.07) is 9.78. The molecule has 1 rings (SSSR count). The van der Waals surface area contributed by atoms with Crippen molar-refractivity contribution in [3.63, 3.8) is 0 Å². The number of hydrogen-bond acceptors (Lipinski definition) is 3. The summed E-state index contributed by atoms with van der Waals surface area (Å²) in [7, 11) is -2.64. The largest absolute Gasteiger partial charge is 0.463 e. The molecular weight excluding hydrogens is 295 g/mol. The van der Waals surface area contributed by atoms with Gasteiger partial charge in [-0.2, -0.15) is 9.05 Å². The lowest BCUT2D eigenvalue weighted by atomic mass is 10.2. The van der Waals surface area contributed by atoms with Gasteiger partial charge in [0.15, 0.2) is 10.9 Å². The van der Waals surface area contributed by atoms with Gasteiger partial charge in [-0.25, -0.2) is 0 Å². The fourth-order valence-electron chi connectivity index (χ4n) is 1.81. The average molecular weight is 327 g/mol. The monoisotopic (exact) mass is 327 g/mol. The minimum Gasteiger partial charge on any atom is -0.286 e. The van der Waals surface area contributed by atoms with Crippen LogP contribution >= 0.6 is 7.94 Å². The van der Waals surface area contributed by atoms with Crippen LogP contribution in [0.25, 0.3) is 0 Å². The summed E-state index contributed by atoms with van der Waals surface area (Å²) in [5.41, 5.74) is -0.720. The molecule has 3 nitrogen and oxygen atoms in total. The molecule has 0 saturated heterocycles. The van der Waals surface area contributed by atoms with Gasteiger partial charge in [0.1, 0.15) is 11.2 Å². The second-order valence-electron chi connectivity index (χ2n) is 8.48. The summed E-state index contributed by atoms with van der Waals surface area (Å²) in [5.74, 6) is 0.777. The first-order chi connectivity index (χ1) is 9.74. The van der Waals surface area contributed by atoms with Crippen LogP contribution in [-0.4, -0.2) is 16.4 Å². The van der Waals surface area contributed by atoms with Crippen LogP contribution < -0.4 is 4.52 Å². The molecule has 0 aliphatic heterocycles. The summed E-state index contributed by atoms with van der Waals surface area (Å²) >= 11 is 0. The van der Waals surface area contributed by atoms with E-state index >= 15 is 0 Å². The van der Waals surface area contributed by atoms with Crippen molar-refractivity contribution in [3.05, 3.63) is 30.3 Å². The summed E-state index contributed by atoms with van der Waals surface area (Å²) in [6.45, 7) is 18.6. The van der Waals surface area contributed by atoms with Crippen molar-refractivity contribution >= 4 is 7.94 Å². The van der Waals surface area contributed by atoms with Gasteiger partial charge in [0, 0.05) is 0 Å². The molecule has 1 aromatic carbocycles. The van der Waals surface area contributed by atoms with Gasteiger partial charge in [0.2, 0.25) is 0 Å². The molecule has 1 aromatic rings. The first-order valence-corrected chi connectivity index (χ1v) is 9.34. The van der Waals surface area contributed by atoms with Crippen LogP contribution in [0.1, 0.15) is 62.3 Å². The zero-order valence-corrected chi connectivity index (χ0v) is 16.5. The van der Waals surface area contributed by atoms with Gasteiger partial charge in [-0.15, -0.1) is 0 Å². The van der Waals surface area contributed by atoms with Gasteiger partial charge in [0.05, 0.1) is 0 Å². The molecule has 4 heteroatoms. The molecule has 0 aromatic heterocycles. The predicted octanol–water partition coefficient (Wildman–Crippen LogP) is 6.26. The zero-order valence-electron chi connectivity index (χ0n) is 15.6. The van der Waals surface area contributed by atoms with Gasteiger partial charge >= 0.3 is 7.94 Å². The second-order valence-corrected chi connectivity index (χ2v) is 11.4. The van der Waals surface area contributed by atoms with E-state index < -0.39 is 7.94 Å². The molecule has 0 spiro atoms. The summed E-state index contributed by atoms with van der Waals surface area (Å²) in [6.07, 6.45) is 0. The quantitative estimate of drug-likeness (QED) is 0.611. The zero-order chi connectivity index (χ0) is 17.2. The molecule has 0 atom stereocenters. The summed E-state index contributed by atoms with van der Waals surface area (Å²) in [5, 5.41) is -0.274. The Morgan fingerprint density at radius 3 is 1.41 bits per heavy atom.